The Morgan fingerprint density at radius 1 is 1.38 bits per heavy atom. The summed E-state index contributed by atoms with van der Waals surface area (Å²) in [6.45, 7) is 0.895. The standard InChI is InChI=1S/C12H16N2O2/c13-11(16)10-3-1-9(2-4-10)7-14-12(8-15)5-6-12/h1-4,14-15H,5-8H2,(H2,13,16). The molecule has 0 atom stereocenters. The SMILES string of the molecule is NC(=O)c1ccc(CNC2(CO)CC2)cc1. The molecule has 0 heterocycles. The molecule has 2 rings (SSSR count). The average molecular weight is 220 g/mol. The fourth-order valence-corrected chi connectivity index (χ4v) is 1.62. The average Bonchev–Trinajstić information content (AvgIpc) is 3.08. The van der Waals surface area contributed by atoms with Gasteiger partial charge < -0.3 is 16.2 Å². The Morgan fingerprint density at radius 3 is 2.44 bits per heavy atom. The molecule has 4 N–H and O–H groups in total. The first-order valence-electron chi connectivity index (χ1n) is 5.40. The van der Waals surface area contributed by atoms with Crippen LogP contribution in [0, 0.1) is 0 Å². The minimum Gasteiger partial charge on any atom is -0.394 e. The van der Waals surface area contributed by atoms with Crippen LogP contribution in [-0.4, -0.2) is 23.2 Å². The lowest BCUT2D eigenvalue weighted by atomic mass is 10.1. The highest BCUT2D eigenvalue weighted by molar-refractivity contribution is 5.92. The Kier molecular flexibility index (Phi) is 2.94. The number of nitrogens with one attached hydrogen (secondary N) is 1. The number of benzene rings is 1. The predicted octanol–water partition coefficient (Wildman–Crippen LogP) is 0.400. The van der Waals surface area contributed by atoms with Crippen molar-refractivity contribution in [3.8, 4) is 0 Å². The monoisotopic (exact) mass is 220 g/mol. The second kappa shape index (κ2) is 4.23. The van der Waals surface area contributed by atoms with Crippen molar-refractivity contribution in [3.05, 3.63) is 35.4 Å². The van der Waals surface area contributed by atoms with E-state index in [2.05, 4.69) is 5.32 Å². The third-order valence-corrected chi connectivity index (χ3v) is 3.06. The van der Waals surface area contributed by atoms with Crippen LogP contribution in [0.4, 0.5) is 0 Å². The molecule has 1 aliphatic rings. The second-order valence-corrected chi connectivity index (χ2v) is 4.35. The van der Waals surface area contributed by atoms with Gasteiger partial charge in [0.25, 0.3) is 0 Å². The summed E-state index contributed by atoms with van der Waals surface area (Å²) in [7, 11) is 0. The summed E-state index contributed by atoms with van der Waals surface area (Å²) in [4.78, 5) is 10.9. The molecule has 0 spiro atoms. The van der Waals surface area contributed by atoms with E-state index in [0.717, 1.165) is 18.4 Å². The fraction of sp³-hybridized carbons (Fsp3) is 0.417. The van der Waals surface area contributed by atoms with Crippen molar-refractivity contribution in [2.75, 3.05) is 6.61 Å². The van der Waals surface area contributed by atoms with E-state index in [1.807, 2.05) is 12.1 Å². The smallest absolute Gasteiger partial charge is 0.248 e. The Hall–Kier alpha value is -1.39. The van der Waals surface area contributed by atoms with Crippen molar-refractivity contribution in [1.82, 2.24) is 5.32 Å². The molecule has 1 amide bonds. The molecular weight excluding hydrogens is 204 g/mol. The summed E-state index contributed by atoms with van der Waals surface area (Å²) in [5.74, 6) is -0.409. The van der Waals surface area contributed by atoms with Crippen molar-refractivity contribution in [2.24, 2.45) is 5.73 Å². The van der Waals surface area contributed by atoms with Gasteiger partial charge in [0.1, 0.15) is 0 Å². The van der Waals surface area contributed by atoms with E-state index in [-0.39, 0.29) is 12.1 Å². The van der Waals surface area contributed by atoms with Crippen molar-refractivity contribution in [3.63, 3.8) is 0 Å². The molecule has 1 aromatic rings. The van der Waals surface area contributed by atoms with Crippen molar-refractivity contribution < 1.29 is 9.90 Å². The van der Waals surface area contributed by atoms with Gasteiger partial charge in [-0.2, -0.15) is 0 Å². The lowest BCUT2D eigenvalue weighted by Gasteiger charge is -2.14. The molecule has 4 nitrogen and oxygen atoms in total. The summed E-state index contributed by atoms with van der Waals surface area (Å²) in [5.41, 5.74) is 6.71. The molecule has 4 heteroatoms. The predicted molar refractivity (Wildman–Crippen MR) is 60.9 cm³/mol. The van der Waals surface area contributed by atoms with E-state index < -0.39 is 5.91 Å². The summed E-state index contributed by atoms with van der Waals surface area (Å²) in [5, 5.41) is 12.4. The van der Waals surface area contributed by atoms with Gasteiger partial charge in [-0.15, -0.1) is 0 Å². The highest BCUT2D eigenvalue weighted by atomic mass is 16.3. The number of primary amides is 1. The van der Waals surface area contributed by atoms with Crippen LogP contribution in [0.2, 0.25) is 0 Å². The summed E-state index contributed by atoms with van der Waals surface area (Å²) in [6, 6.07) is 7.19. The van der Waals surface area contributed by atoms with Crippen LogP contribution >= 0.6 is 0 Å². The Morgan fingerprint density at radius 2 is 2.00 bits per heavy atom. The van der Waals surface area contributed by atoms with Gasteiger partial charge in [-0.1, -0.05) is 12.1 Å². The lowest BCUT2D eigenvalue weighted by Crippen LogP contribution is -2.34. The number of amides is 1. The number of hydrogen-bond acceptors (Lipinski definition) is 3. The zero-order chi connectivity index (χ0) is 11.6. The van der Waals surface area contributed by atoms with Crippen LogP contribution in [0.5, 0.6) is 0 Å². The normalized spacial score (nSPS) is 17.1. The maximum atomic E-state index is 10.9. The Bertz CT molecular complexity index is 383. The molecule has 0 bridgehead atoms. The van der Waals surface area contributed by atoms with Crippen LogP contribution in [0.25, 0.3) is 0 Å². The Labute approximate surface area is 94.5 Å². The number of carbonyl (C=O) groups excluding carboxylic acids is 1. The van der Waals surface area contributed by atoms with Gasteiger partial charge in [-0.05, 0) is 30.5 Å². The molecule has 0 aromatic heterocycles. The van der Waals surface area contributed by atoms with Gasteiger partial charge in [-0.25, -0.2) is 0 Å². The number of aliphatic hydroxyl groups excluding tert-OH is 1. The first-order chi connectivity index (χ1) is 7.65. The topological polar surface area (TPSA) is 75.4 Å². The van der Waals surface area contributed by atoms with E-state index in [1.54, 1.807) is 12.1 Å². The summed E-state index contributed by atoms with van der Waals surface area (Å²) < 4.78 is 0. The number of rotatable bonds is 5. The van der Waals surface area contributed by atoms with Crippen molar-refractivity contribution >= 4 is 5.91 Å². The minimum absolute atomic E-state index is 0.0532. The van der Waals surface area contributed by atoms with Gasteiger partial charge in [0.2, 0.25) is 5.91 Å². The van der Waals surface area contributed by atoms with Crippen LogP contribution in [-0.2, 0) is 6.54 Å². The number of nitrogens with two attached hydrogens (primary N) is 1. The number of aliphatic hydroxyl groups is 1. The highest BCUT2D eigenvalue weighted by Crippen LogP contribution is 2.34. The van der Waals surface area contributed by atoms with Crippen LogP contribution in [0.1, 0.15) is 28.8 Å². The maximum Gasteiger partial charge on any atom is 0.248 e. The van der Waals surface area contributed by atoms with Crippen molar-refractivity contribution in [2.45, 2.75) is 24.9 Å². The van der Waals surface area contributed by atoms with Crippen LogP contribution in [0.3, 0.4) is 0 Å². The first kappa shape index (κ1) is 11.1. The molecule has 0 saturated heterocycles. The van der Waals surface area contributed by atoms with Crippen molar-refractivity contribution in [1.29, 1.82) is 0 Å². The molecule has 1 aliphatic carbocycles. The number of carbonyl (C=O) groups is 1. The van der Waals surface area contributed by atoms with E-state index in [9.17, 15) is 4.79 Å². The molecule has 0 unspecified atom stereocenters. The lowest BCUT2D eigenvalue weighted by molar-refractivity contribution is 0.100. The van der Waals surface area contributed by atoms with E-state index in [1.165, 1.54) is 0 Å². The molecular formula is C12H16N2O2. The van der Waals surface area contributed by atoms with Gasteiger partial charge in [0.15, 0.2) is 0 Å². The first-order valence-corrected chi connectivity index (χ1v) is 5.40. The van der Waals surface area contributed by atoms with Crippen LogP contribution < -0.4 is 11.1 Å². The summed E-state index contributed by atoms with van der Waals surface area (Å²) in [6.07, 6.45) is 2.06. The molecule has 1 saturated carbocycles. The molecule has 86 valence electrons. The second-order valence-electron chi connectivity index (χ2n) is 4.35. The molecule has 0 radical (unpaired) electrons. The van der Waals surface area contributed by atoms with Gasteiger partial charge in [-0.3, -0.25) is 4.79 Å². The van der Waals surface area contributed by atoms with Gasteiger partial charge in [0.05, 0.1) is 6.61 Å². The summed E-state index contributed by atoms with van der Waals surface area (Å²) >= 11 is 0. The molecule has 0 aliphatic heterocycles. The van der Waals surface area contributed by atoms with Gasteiger partial charge >= 0.3 is 0 Å². The van der Waals surface area contributed by atoms with Crippen LogP contribution in [0.15, 0.2) is 24.3 Å². The third-order valence-electron chi connectivity index (χ3n) is 3.06. The van der Waals surface area contributed by atoms with Gasteiger partial charge in [0, 0.05) is 17.6 Å². The minimum atomic E-state index is -0.409. The highest BCUT2D eigenvalue weighted by Gasteiger charge is 2.41. The zero-order valence-electron chi connectivity index (χ0n) is 9.07. The largest absolute Gasteiger partial charge is 0.394 e. The number of hydrogen-bond donors (Lipinski definition) is 3. The van der Waals surface area contributed by atoms with E-state index in [0.29, 0.717) is 12.1 Å². The quantitative estimate of drug-likeness (QED) is 0.672. The molecule has 1 fully saturated rings. The maximum absolute atomic E-state index is 10.9. The Balaban J connectivity index is 1.93. The van der Waals surface area contributed by atoms with E-state index in [4.69, 9.17) is 10.8 Å². The molecule has 1 aromatic carbocycles. The fourth-order valence-electron chi connectivity index (χ4n) is 1.62. The zero-order valence-corrected chi connectivity index (χ0v) is 9.07. The molecule has 16 heavy (non-hydrogen) atoms. The third kappa shape index (κ3) is 2.40. The van der Waals surface area contributed by atoms with E-state index >= 15 is 0 Å².